The van der Waals surface area contributed by atoms with Crippen LogP contribution in [0.15, 0.2) is 24.4 Å². The highest BCUT2D eigenvalue weighted by molar-refractivity contribution is 6.18. The van der Waals surface area contributed by atoms with Crippen molar-refractivity contribution < 1.29 is 14.3 Å². The van der Waals surface area contributed by atoms with Crippen LogP contribution in [0.2, 0.25) is 0 Å². The zero-order chi connectivity index (χ0) is 19.9. The van der Waals surface area contributed by atoms with Crippen molar-refractivity contribution >= 4 is 33.5 Å². The van der Waals surface area contributed by atoms with E-state index in [0.717, 1.165) is 37.6 Å². The standard InChI is InChI=1S/C22H23FN4O2/c23-13-1-2-16-14(5-13)17-19(26-16)15(20(24)28)9-25-21(17)27-18-11-3-10-4-12(18)8-22(29,6-10)7-11/h1-2,5,9-12,18,26,29H,3-4,6-8H2,(H2,24,28)(H,25,27)/t10?,11-,12?,18?,22?/m0/s1. The van der Waals surface area contributed by atoms with E-state index in [4.69, 9.17) is 5.73 Å². The van der Waals surface area contributed by atoms with Crippen molar-refractivity contribution in [1.82, 2.24) is 9.97 Å². The van der Waals surface area contributed by atoms with Crippen LogP contribution < -0.4 is 11.1 Å². The lowest BCUT2D eigenvalue weighted by Gasteiger charge is -2.58. The molecule has 2 heterocycles. The van der Waals surface area contributed by atoms with Crippen molar-refractivity contribution in [3.05, 3.63) is 35.8 Å². The van der Waals surface area contributed by atoms with E-state index < -0.39 is 11.5 Å². The number of halogens is 1. The van der Waals surface area contributed by atoms with Crippen molar-refractivity contribution in [1.29, 1.82) is 0 Å². The predicted octanol–water partition coefficient (Wildman–Crippen LogP) is 3.31. The topological polar surface area (TPSA) is 104 Å². The molecule has 5 N–H and O–H groups in total. The number of amides is 1. The van der Waals surface area contributed by atoms with Gasteiger partial charge in [0.2, 0.25) is 0 Å². The third kappa shape index (κ3) is 2.50. The summed E-state index contributed by atoms with van der Waals surface area (Å²) in [7, 11) is 0. The van der Waals surface area contributed by atoms with Crippen LogP contribution in [-0.2, 0) is 0 Å². The van der Waals surface area contributed by atoms with Crippen molar-refractivity contribution in [2.24, 2.45) is 23.5 Å². The Balaban J connectivity index is 1.48. The van der Waals surface area contributed by atoms with Gasteiger partial charge in [0.25, 0.3) is 5.91 Å². The number of hydrogen-bond donors (Lipinski definition) is 4. The van der Waals surface area contributed by atoms with E-state index in [0.29, 0.717) is 45.4 Å². The first-order chi connectivity index (χ1) is 13.9. The van der Waals surface area contributed by atoms with Crippen LogP contribution in [0, 0.1) is 23.6 Å². The van der Waals surface area contributed by atoms with Crippen LogP contribution in [-0.4, -0.2) is 32.6 Å². The Bertz CT molecular complexity index is 1160. The molecule has 4 fully saturated rings. The monoisotopic (exact) mass is 394 g/mol. The normalized spacial score (nSPS) is 32.9. The van der Waals surface area contributed by atoms with Gasteiger partial charge in [0, 0.05) is 23.1 Å². The summed E-state index contributed by atoms with van der Waals surface area (Å²) in [6.45, 7) is 0. The van der Waals surface area contributed by atoms with Crippen molar-refractivity contribution in [3.63, 3.8) is 0 Å². The number of nitrogens with zero attached hydrogens (tertiary/aromatic N) is 1. The van der Waals surface area contributed by atoms with Gasteiger partial charge in [-0.05, 0) is 68.1 Å². The zero-order valence-corrected chi connectivity index (χ0v) is 15.9. The summed E-state index contributed by atoms with van der Waals surface area (Å²) in [6, 6.07) is 4.74. The highest BCUT2D eigenvalue weighted by Crippen LogP contribution is 2.56. The van der Waals surface area contributed by atoms with Gasteiger partial charge in [-0.2, -0.15) is 0 Å². The van der Waals surface area contributed by atoms with Crippen LogP contribution in [0.1, 0.15) is 42.5 Å². The Kier molecular flexibility index (Phi) is 3.38. The van der Waals surface area contributed by atoms with E-state index >= 15 is 0 Å². The molecule has 150 valence electrons. The van der Waals surface area contributed by atoms with Gasteiger partial charge in [0.15, 0.2) is 0 Å². The lowest BCUT2D eigenvalue weighted by molar-refractivity contribution is -0.129. The Hall–Kier alpha value is -2.67. The molecule has 0 radical (unpaired) electrons. The van der Waals surface area contributed by atoms with Crippen LogP contribution in [0.25, 0.3) is 21.8 Å². The quantitative estimate of drug-likeness (QED) is 0.547. The van der Waals surface area contributed by atoms with Gasteiger partial charge in [-0.1, -0.05) is 0 Å². The number of pyridine rings is 1. The third-order valence-corrected chi connectivity index (χ3v) is 7.40. The third-order valence-electron chi connectivity index (χ3n) is 7.40. The first kappa shape index (κ1) is 17.2. The maximum Gasteiger partial charge on any atom is 0.252 e. The second kappa shape index (κ2) is 5.69. The Morgan fingerprint density at radius 2 is 2.03 bits per heavy atom. The molecule has 7 rings (SSSR count). The molecule has 1 aromatic carbocycles. The summed E-state index contributed by atoms with van der Waals surface area (Å²) in [5.41, 5.74) is 6.66. The maximum atomic E-state index is 14.0. The van der Waals surface area contributed by atoms with Gasteiger partial charge >= 0.3 is 0 Å². The summed E-state index contributed by atoms with van der Waals surface area (Å²) in [4.78, 5) is 19.7. The Morgan fingerprint density at radius 3 is 2.72 bits per heavy atom. The number of anilines is 1. The molecule has 0 spiro atoms. The molecule has 4 aliphatic carbocycles. The maximum absolute atomic E-state index is 14.0. The number of hydrogen-bond acceptors (Lipinski definition) is 4. The lowest BCUT2D eigenvalue weighted by atomic mass is 9.52. The van der Waals surface area contributed by atoms with Crippen LogP contribution in [0.4, 0.5) is 10.2 Å². The highest BCUT2D eigenvalue weighted by Gasteiger charge is 2.54. The number of nitrogens with two attached hydrogens (primary N) is 1. The molecule has 3 aromatic rings. The van der Waals surface area contributed by atoms with Gasteiger partial charge in [-0.3, -0.25) is 4.79 Å². The Labute approximate surface area is 166 Å². The number of benzene rings is 1. The van der Waals surface area contributed by atoms with Crippen LogP contribution >= 0.6 is 0 Å². The molecule has 2 aromatic heterocycles. The van der Waals surface area contributed by atoms with E-state index in [1.165, 1.54) is 18.3 Å². The summed E-state index contributed by atoms with van der Waals surface area (Å²) in [5, 5.41) is 15.9. The molecule has 4 unspecified atom stereocenters. The number of carbonyl (C=O) groups excluding carboxylic acids is 1. The molecule has 7 heteroatoms. The second-order valence-electron chi connectivity index (χ2n) is 9.31. The Morgan fingerprint density at radius 1 is 1.28 bits per heavy atom. The van der Waals surface area contributed by atoms with Gasteiger partial charge in [0.05, 0.1) is 22.1 Å². The van der Waals surface area contributed by atoms with E-state index in [2.05, 4.69) is 15.3 Å². The smallest absolute Gasteiger partial charge is 0.252 e. The molecule has 4 aliphatic rings. The average Bonchev–Trinajstić information content (AvgIpc) is 3.02. The molecule has 0 saturated heterocycles. The predicted molar refractivity (Wildman–Crippen MR) is 108 cm³/mol. The largest absolute Gasteiger partial charge is 0.390 e. The number of aromatic nitrogens is 2. The molecular weight excluding hydrogens is 371 g/mol. The minimum atomic E-state index is -0.571. The molecule has 4 bridgehead atoms. The number of aromatic amines is 1. The zero-order valence-electron chi connectivity index (χ0n) is 15.9. The first-order valence-corrected chi connectivity index (χ1v) is 10.3. The van der Waals surface area contributed by atoms with E-state index in [1.807, 2.05) is 0 Å². The lowest BCUT2D eigenvalue weighted by Crippen LogP contribution is -2.59. The first-order valence-electron chi connectivity index (χ1n) is 10.3. The average molecular weight is 394 g/mol. The molecule has 6 nitrogen and oxygen atoms in total. The van der Waals surface area contributed by atoms with E-state index in [1.54, 1.807) is 6.07 Å². The minimum Gasteiger partial charge on any atom is -0.390 e. The molecule has 4 saturated carbocycles. The molecular formula is C22H23FN4O2. The number of carbonyl (C=O) groups is 1. The molecule has 1 amide bonds. The van der Waals surface area contributed by atoms with Gasteiger partial charge in [0.1, 0.15) is 11.6 Å². The van der Waals surface area contributed by atoms with Gasteiger partial charge in [-0.25, -0.2) is 9.37 Å². The van der Waals surface area contributed by atoms with E-state index in [-0.39, 0.29) is 11.9 Å². The SMILES string of the molecule is NC(=O)c1cnc(NC2C3CC4C[C@H]2CC(O)(C4)C3)c2c1[nH]c1ccc(F)cc12. The highest BCUT2D eigenvalue weighted by atomic mass is 19.1. The second-order valence-corrected chi connectivity index (χ2v) is 9.31. The van der Waals surface area contributed by atoms with Crippen molar-refractivity contribution in [2.75, 3.05) is 5.32 Å². The summed E-state index contributed by atoms with van der Waals surface area (Å²) in [6.07, 6.45) is 6.32. The fourth-order valence-electron chi connectivity index (χ4n) is 6.54. The summed E-state index contributed by atoms with van der Waals surface area (Å²) in [5.74, 6) is 1.15. The molecule has 29 heavy (non-hydrogen) atoms. The number of primary amides is 1. The summed E-state index contributed by atoms with van der Waals surface area (Å²) >= 11 is 0. The number of H-pyrrole nitrogens is 1. The van der Waals surface area contributed by atoms with Crippen molar-refractivity contribution in [2.45, 2.75) is 43.7 Å². The number of fused-ring (bicyclic) bond motifs is 3. The molecule has 0 aliphatic heterocycles. The van der Waals surface area contributed by atoms with Crippen LogP contribution in [0.3, 0.4) is 0 Å². The fourth-order valence-corrected chi connectivity index (χ4v) is 6.54. The summed E-state index contributed by atoms with van der Waals surface area (Å²) < 4.78 is 14.0. The number of aliphatic hydroxyl groups is 1. The fraction of sp³-hybridized carbons (Fsp3) is 0.455. The number of nitrogens with one attached hydrogen (secondary N) is 2. The van der Waals surface area contributed by atoms with Gasteiger partial charge < -0.3 is 21.1 Å². The van der Waals surface area contributed by atoms with Gasteiger partial charge in [-0.15, -0.1) is 0 Å². The number of rotatable bonds is 3. The minimum absolute atomic E-state index is 0.223. The molecule has 5 atom stereocenters. The van der Waals surface area contributed by atoms with Crippen molar-refractivity contribution in [3.8, 4) is 0 Å². The van der Waals surface area contributed by atoms with E-state index in [9.17, 15) is 14.3 Å². The van der Waals surface area contributed by atoms with Crippen LogP contribution in [0.5, 0.6) is 0 Å².